The standard InChI is InChI=1S/C14H7Br2ClF2N2/c15-8-3-7(1-2-10(8)18)21-13-5-11(19)9(16)4-12(13)20-14(21)6-17/h1-5H,6H2. The van der Waals surface area contributed by atoms with E-state index in [9.17, 15) is 8.78 Å². The lowest BCUT2D eigenvalue weighted by atomic mass is 10.2. The third-order valence-electron chi connectivity index (χ3n) is 3.05. The number of fused-ring (bicyclic) bond motifs is 1. The van der Waals surface area contributed by atoms with Gasteiger partial charge in [-0.05, 0) is 56.1 Å². The summed E-state index contributed by atoms with van der Waals surface area (Å²) in [6, 6.07) is 7.50. The largest absolute Gasteiger partial charge is 0.295 e. The zero-order chi connectivity index (χ0) is 15.1. The molecule has 0 aliphatic heterocycles. The molecule has 3 aromatic rings. The molecular formula is C14H7Br2ClF2N2. The highest BCUT2D eigenvalue weighted by atomic mass is 79.9. The van der Waals surface area contributed by atoms with Gasteiger partial charge in [0.1, 0.15) is 17.5 Å². The Kier molecular flexibility index (Phi) is 4.03. The molecule has 7 heteroatoms. The number of aromatic nitrogens is 2. The van der Waals surface area contributed by atoms with Gasteiger partial charge < -0.3 is 0 Å². The molecule has 0 spiro atoms. The molecule has 0 radical (unpaired) electrons. The number of nitrogens with zero attached hydrogens (tertiary/aromatic N) is 2. The lowest BCUT2D eigenvalue weighted by Gasteiger charge is -2.09. The minimum Gasteiger partial charge on any atom is -0.295 e. The summed E-state index contributed by atoms with van der Waals surface area (Å²) in [6.45, 7) is 0. The molecule has 0 saturated carbocycles. The fourth-order valence-corrected chi connectivity index (χ4v) is 3.00. The topological polar surface area (TPSA) is 17.8 Å². The Morgan fingerprint density at radius 3 is 2.43 bits per heavy atom. The van der Waals surface area contributed by atoms with E-state index in [4.69, 9.17) is 11.6 Å². The molecule has 3 rings (SSSR count). The van der Waals surface area contributed by atoms with Crippen molar-refractivity contribution in [3.8, 4) is 5.69 Å². The third-order valence-corrected chi connectivity index (χ3v) is 4.50. The summed E-state index contributed by atoms with van der Waals surface area (Å²) >= 11 is 12.2. The van der Waals surface area contributed by atoms with Gasteiger partial charge in [0, 0.05) is 11.8 Å². The van der Waals surface area contributed by atoms with Crippen LogP contribution in [0.25, 0.3) is 16.7 Å². The van der Waals surface area contributed by atoms with E-state index in [2.05, 4.69) is 36.8 Å². The summed E-state index contributed by atoms with van der Waals surface area (Å²) in [7, 11) is 0. The normalized spacial score (nSPS) is 11.3. The van der Waals surface area contributed by atoms with Gasteiger partial charge in [0.05, 0.1) is 25.9 Å². The SMILES string of the molecule is Fc1ccc(-n2c(CCl)nc3cc(Br)c(F)cc32)cc1Br. The number of alkyl halides is 1. The molecule has 1 heterocycles. The molecule has 0 unspecified atom stereocenters. The van der Waals surface area contributed by atoms with Crippen LogP contribution in [-0.2, 0) is 5.88 Å². The van der Waals surface area contributed by atoms with E-state index in [1.807, 2.05) is 0 Å². The molecule has 0 atom stereocenters. The van der Waals surface area contributed by atoms with Crippen molar-refractivity contribution in [3.63, 3.8) is 0 Å². The van der Waals surface area contributed by atoms with Crippen LogP contribution in [0.2, 0.25) is 0 Å². The van der Waals surface area contributed by atoms with Crippen LogP contribution in [0.3, 0.4) is 0 Å². The van der Waals surface area contributed by atoms with E-state index in [1.165, 1.54) is 12.1 Å². The van der Waals surface area contributed by atoms with Crippen LogP contribution in [0.1, 0.15) is 5.82 Å². The van der Waals surface area contributed by atoms with Crippen molar-refractivity contribution in [2.24, 2.45) is 0 Å². The number of benzene rings is 2. The Balaban J connectivity index is 2.34. The predicted octanol–water partition coefficient (Wildman–Crippen LogP) is 5.57. The zero-order valence-corrected chi connectivity index (χ0v) is 14.3. The Morgan fingerprint density at radius 2 is 1.76 bits per heavy atom. The van der Waals surface area contributed by atoms with Crippen LogP contribution in [0, 0.1) is 11.6 Å². The number of hydrogen-bond donors (Lipinski definition) is 0. The van der Waals surface area contributed by atoms with Gasteiger partial charge in [0.15, 0.2) is 0 Å². The number of halogens is 5. The first-order valence-electron chi connectivity index (χ1n) is 5.89. The quantitative estimate of drug-likeness (QED) is 0.481. The average Bonchev–Trinajstić information content (AvgIpc) is 2.80. The van der Waals surface area contributed by atoms with Gasteiger partial charge in [0.2, 0.25) is 0 Å². The molecule has 108 valence electrons. The van der Waals surface area contributed by atoms with Crippen molar-refractivity contribution >= 4 is 54.5 Å². The van der Waals surface area contributed by atoms with Crippen molar-refractivity contribution in [1.82, 2.24) is 9.55 Å². The minimum absolute atomic E-state index is 0.156. The maximum atomic E-state index is 13.8. The lowest BCUT2D eigenvalue weighted by Crippen LogP contribution is -2.00. The fraction of sp³-hybridized carbons (Fsp3) is 0.0714. The van der Waals surface area contributed by atoms with Gasteiger partial charge in [0.25, 0.3) is 0 Å². The highest BCUT2D eigenvalue weighted by molar-refractivity contribution is 9.10. The van der Waals surface area contributed by atoms with E-state index in [1.54, 1.807) is 22.8 Å². The maximum Gasteiger partial charge on any atom is 0.139 e. The summed E-state index contributed by atoms with van der Waals surface area (Å²) in [4.78, 5) is 4.39. The van der Waals surface area contributed by atoms with Crippen LogP contribution < -0.4 is 0 Å². The molecule has 0 aliphatic carbocycles. The van der Waals surface area contributed by atoms with Crippen molar-refractivity contribution in [2.75, 3.05) is 0 Å². The average molecular weight is 436 g/mol. The summed E-state index contributed by atoms with van der Waals surface area (Å²) in [5.41, 5.74) is 1.84. The summed E-state index contributed by atoms with van der Waals surface area (Å²) < 4.78 is 29.6. The van der Waals surface area contributed by atoms with E-state index in [0.29, 0.717) is 31.5 Å². The van der Waals surface area contributed by atoms with Gasteiger partial charge in [-0.2, -0.15) is 0 Å². The van der Waals surface area contributed by atoms with Crippen molar-refractivity contribution in [1.29, 1.82) is 0 Å². The number of rotatable bonds is 2. The van der Waals surface area contributed by atoms with Gasteiger partial charge in [-0.1, -0.05) is 0 Å². The van der Waals surface area contributed by atoms with Gasteiger partial charge in [-0.15, -0.1) is 11.6 Å². The first kappa shape index (κ1) is 14.9. The van der Waals surface area contributed by atoms with Crippen LogP contribution in [0.15, 0.2) is 39.3 Å². The molecule has 2 nitrogen and oxygen atoms in total. The molecule has 1 aromatic heterocycles. The first-order valence-corrected chi connectivity index (χ1v) is 8.01. The summed E-state index contributed by atoms with van der Waals surface area (Å²) in [5, 5.41) is 0. The number of hydrogen-bond acceptors (Lipinski definition) is 1. The Hall–Kier alpha value is -0.980. The predicted molar refractivity (Wildman–Crippen MR) is 85.9 cm³/mol. The van der Waals surface area contributed by atoms with E-state index in [-0.39, 0.29) is 11.7 Å². The van der Waals surface area contributed by atoms with Crippen molar-refractivity contribution in [2.45, 2.75) is 5.88 Å². The van der Waals surface area contributed by atoms with Crippen LogP contribution >= 0.6 is 43.5 Å². The smallest absolute Gasteiger partial charge is 0.139 e. The van der Waals surface area contributed by atoms with E-state index >= 15 is 0 Å². The van der Waals surface area contributed by atoms with E-state index < -0.39 is 5.82 Å². The van der Waals surface area contributed by atoms with Gasteiger partial charge in [-0.25, -0.2) is 13.8 Å². The fourth-order valence-electron chi connectivity index (χ4n) is 2.12. The van der Waals surface area contributed by atoms with Gasteiger partial charge >= 0.3 is 0 Å². The summed E-state index contributed by atoms with van der Waals surface area (Å²) in [6.07, 6.45) is 0. The highest BCUT2D eigenvalue weighted by Gasteiger charge is 2.15. The molecule has 2 aromatic carbocycles. The second-order valence-corrected chi connectivity index (χ2v) is 6.33. The third kappa shape index (κ3) is 2.60. The second-order valence-electron chi connectivity index (χ2n) is 4.35. The van der Waals surface area contributed by atoms with Crippen molar-refractivity contribution < 1.29 is 8.78 Å². The lowest BCUT2D eigenvalue weighted by molar-refractivity contribution is 0.620. The summed E-state index contributed by atoms with van der Waals surface area (Å²) in [5.74, 6) is -0.0544. The van der Waals surface area contributed by atoms with E-state index in [0.717, 1.165) is 0 Å². The first-order chi connectivity index (χ1) is 10.0. The van der Waals surface area contributed by atoms with Crippen LogP contribution in [0.4, 0.5) is 8.78 Å². The van der Waals surface area contributed by atoms with Gasteiger partial charge in [-0.3, -0.25) is 4.57 Å². The minimum atomic E-state index is -0.397. The Labute approximate surface area is 141 Å². The zero-order valence-electron chi connectivity index (χ0n) is 10.4. The molecular weight excluding hydrogens is 429 g/mol. The molecule has 0 fully saturated rings. The molecule has 0 amide bonds. The Morgan fingerprint density at radius 1 is 1.05 bits per heavy atom. The number of imidazole rings is 1. The van der Waals surface area contributed by atoms with Crippen molar-refractivity contribution in [3.05, 3.63) is 56.7 Å². The van der Waals surface area contributed by atoms with Crippen LogP contribution in [-0.4, -0.2) is 9.55 Å². The monoisotopic (exact) mass is 434 g/mol. The maximum absolute atomic E-state index is 13.8. The molecule has 0 saturated heterocycles. The Bertz CT molecular complexity index is 849. The van der Waals surface area contributed by atoms with Crippen LogP contribution in [0.5, 0.6) is 0 Å². The second kappa shape index (κ2) is 5.66. The molecule has 0 bridgehead atoms. The molecule has 0 aliphatic rings. The molecule has 0 N–H and O–H groups in total. The molecule has 21 heavy (non-hydrogen) atoms. The highest BCUT2D eigenvalue weighted by Crippen LogP contribution is 2.29.